The van der Waals surface area contributed by atoms with Crippen molar-refractivity contribution >= 4 is 82.0 Å². The Morgan fingerprint density at radius 2 is 1.18 bits per heavy atom. The molecule has 1 aromatic heterocycles. The second kappa shape index (κ2) is 64.1. The van der Waals surface area contributed by atoms with Crippen molar-refractivity contribution in [3.8, 4) is 5.75 Å². The first-order chi connectivity index (χ1) is 67.8. The van der Waals surface area contributed by atoms with Gasteiger partial charge in [0.2, 0.25) is 53.5 Å². The third-order valence-corrected chi connectivity index (χ3v) is 25.0. The molecule has 0 saturated carbocycles. The topological polar surface area (TPSA) is 532 Å². The summed E-state index contributed by atoms with van der Waals surface area (Å²) in [6.45, 7) is 24.8. The summed E-state index contributed by atoms with van der Waals surface area (Å²) in [5, 5.41) is 76.0. The van der Waals surface area contributed by atoms with Crippen molar-refractivity contribution in [2.45, 2.75) is 245 Å². The van der Waals surface area contributed by atoms with Crippen LogP contribution in [0.25, 0.3) is 10.9 Å². The zero-order valence-corrected chi connectivity index (χ0v) is 85.8. The van der Waals surface area contributed by atoms with E-state index in [1.807, 2.05) is 63.3 Å². The summed E-state index contributed by atoms with van der Waals surface area (Å²) in [6.07, 6.45) is -12.8. The summed E-state index contributed by atoms with van der Waals surface area (Å²) < 4.78 is 80.5. The Bertz CT molecular complexity index is 4480. The monoisotopic (exact) mass is 2010 g/mol. The maximum Gasteiger partial charge on any atom is 0.410 e. The van der Waals surface area contributed by atoms with Crippen LogP contribution in [0.15, 0.2) is 78.9 Å². The number of nitrogens with one attached hydrogen (secondary N) is 8. The minimum absolute atomic E-state index is 0.00739. The van der Waals surface area contributed by atoms with E-state index in [2.05, 4.69) is 53.3 Å². The first-order valence-corrected chi connectivity index (χ1v) is 49.0. The number of carboxylic acid groups (broad SMARTS) is 1. The number of carbonyl (C=O) groups excluding carboxylic acids is 10. The van der Waals surface area contributed by atoms with E-state index in [1.165, 1.54) is 51.3 Å². The van der Waals surface area contributed by atoms with Gasteiger partial charge in [-0.05, 0) is 117 Å². The van der Waals surface area contributed by atoms with E-state index in [9.17, 15) is 73.5 Å². The molecule has 2 saturated heterocycles. The molecule has 0 radical (unpaired) electrons. The number of likely N-dealkylation sites (N-methyl/N-ethyl adjacent to an activating group) is 2. The predicted molar refractivity (Wildman–Crippen MR) is 523 cm³/mol. The SMILES string of the molecule is CC[C@H](C)[C@@H]([C@@H](CC(=O)N1CCC[C@H]1[C@H](OC)[C@@H](C)C(=O)N[C@H](C)[C@@H](O)c1ccccc1)OC)N(C)C(=O)[C@@H](NC(=O)[C@H](C(C)C)N(C)C(=O)OCc1ccc(NC(=O)[C@H](C)NC(=O)[C@@H](NC(=O)[C@H](CCCCNC(=O)CCn2c(CN(C)NC)cc3ccccc32)NC(=O)OCCOCCOCCOCCOCCOCCOCCOCCOC)C(C)C)c(O[C@@H]2O[C@H](C(=O)O)[C@@H](O)[C@H](O)[C@H]2O)c1)C(C)C. The van der Waals surface area contributed by atoms with Gasteiger partial charge < -0.3 is 143 Å². The van der Waals surface area contributed by atoms with E-state index in [1.54, 1.807) is 98.7 Å². The van der Waals surface area contributed by atoms with E-state index < -0.39 is 181 Å². The van der Waals surface area contributed by atoms with Gasteiger partial charge in [-0.2, -0.15) is 0 Å². The number of aryl methyl sites for hydroxylation is 1. The lowest BCUT2D eigenvalue weighted by molar-refractivity contribution is -0.271. The highest BCUT2D eigenvalue weighted by atomic mass is 16.7. The minimum atomic E-state index is -2.15. The fraction of sp³-hybridized carbons (Fsp3) is 0.687. The number of fused-ring (bicyclic) bond motifs is 1. The molecule has 3 heterocycles. The summed E-state index contributed by atoms with van der Waals surface area (Å²) in [7, 11) is 11.2. The Morgan fingerprint density at radius 3 is 1.74 bits per heavy atom. The number of aliphatic hydroxyl groups is 4. The molecule has 13 N–H and O–H groups in total. The van der Waals surface area contributed by atoms with Crippen molar-refractivity contribution in [2.75, 3.05) is 174 Å². The van der Waals surface area contributed by atoms with Crippen LogP contribution in [-0.4, -0.2) is 375 Å². The van der Waals surface area contributed by atoms with Crippen molar-refractivity contribution in [1.82, 2.24) is 61.6 Å². The Labute approximate surface area is 833 Å². The van der Waals surface area contributed by atoms with Gasteiger partial charge in [0.15, 0.2) is 6.10 Å². The van der Waals surface area contributed by atoms with Gasteiger partial charge in [0, 0.05) is 79.7 Å². The summed E-state index contributed by atoms with van der Waals surface area (Å²) in [4.78, 5) is 159. The van der Waals surface area contributed by atoms with Gasteiger partial charge in [0.25, 0.3) is 0 Å². The second-order valence-electron chi connectivity index (χ2n) is 36.6. The molecule has 0 spiro atoms. The number of para-hydroxylation sites is 1. The number of aliphatic hydroxyl groups excluding tert-OH is 4. The summed E-state index contributed by atoms with van der Waals surface area (Å²) >= 11 is 0. The first kappa shape index (κ1) is 121. The second-order valence-corrected chi connectivity index (χ2v) is 36.6. The van der Waals surface area contributed by atoms with Crippen molar-refractivity contribution in [3.63, 3.8) is 0 Å². The van der Waals surface area contributed by atoms with Gasteiger partial charge in [-0.15, -0.1) is 0 Å². The standard InChI is InChI=1S/C99H159N13O30/c1-19-64(8)83(77(130-17)58-79(114)112-38-27-33-75(112)88(131-18)65(9)90(119)102-66(10)84(115)69-28-21-20-22-29-69)109(14)95(124)81(62(4)5)107-94(123)82(63(6)7)110(15)99(128)140-60-68-34-35-72(76(56-68)141-97-87(118)85(116)86(117)89(142-97)96(125)126)104-91(120)67(11)103-93(122)80(61(2)3)106-92(121)73(31-25-26-37-101-78(113)36-39-111-71(59-108(13)100-12)57-70-30-23-24-32-74(70)111)105-98(127)139-55-54-138-53-52-137-51-50-136-49-48-135-47-46-134-45-44-133-43-42-132-41-40-129-16/h20-24,28-30,32,34-35,56-57,61-67,73,75,77,80-89,97,100,115-118H,19,25-27,31,33,36-55,58-60H2,1-18H3,(H,101,113)(H,102,119)(H,103,122)(H,104,120)(H,105,127)(H,106,121)(H,107,123)(H,125,126)/t64-,65+,66+,67-,73-,75-,77+,80-,81-,82-,83-,84+,85-,86-,87+,88+,89-,97+/m0/s1. The molecule has 3 aromatic carbocycles. The van der Waals surface area contributed by atoms with E-state index in [0.717, 1.165) is 21.5 Å². The number of hydrogen-bond donors (Lipinski definition) is 13. The number of aromatic nitrogens is 1. The van der Waals surface area contributed by atoms with Crippen LogP contribution in [0.4, 0.5) is 15.3 Å². The number of methoxy groups -OCH3 is 3. The Kier molecular flexibility index (Phi) is 54.5. The number of ether oxygens (including phenoxy) is 14. The zero-order chi connectivity index (χ0) is 105. The van der Waals surface area contributed by atoms with Crippen LogP contribution in [0.3, 0.4) is 0 Å². The predicted octanol–water partition coefficient (Wildman–Crippen LogP) is 4.19. The highest BCUT2D eigenvalue weighted by Gasteiger charge is 2.50. The number of alkyl carbamates (subject to hydrolysis) is 1. The van der Waals surface area contributed by atoms with Crippen LogP contribution in [0, 0.1) is 29.6 Å². The maximum absolute atomic E-state index is 15.1. The Hall–Kier alpha value is -9.91. The van der Waals surface area contributed by atoms with Crippen LogP contribution in [0.5, 0.6) is 5.75 Å². The smallest absolute Gasteiger partial charge is 0.410 e. The fourth-order valence-electron chi connectivity index (χ4n) is 16.7. The Morgan fingerprint density at radius 1 is 0.592 bits per heavy atom. The number of hydrazine groups is 1. The highest BCUT2D eigenvalue weighted by molar-refractivity contribution is 6.00. The van der Waals surface area contributed by atoms with Crippen molar-refractivity contribution in [3.05, 3.63) is 95.7 Å². The number of aliphatic carboxylic acids is 1. The van der Waals surface area contributed by atoms with Gasteiger partial charge in [-0.25, -0.2) is 19.4 Å². The Balaban J connectivity index is 1.09. The van der Waals surface area contributed by atoms with E-state index >= 15 is 4.79 Å². The lowest BCUT2D eigenvalue weighted by Gasteiger charge is -2.41. The number of likely N-dealkylation sites (tertiary alicyclic amines) is 1. The number of hydrogen-bond acceptors (Lipinski definition) is 31. The molecule has 18 atom stereocenters. The molecular formula is C99H159N13O30. The molecule has 4 aromatic rings. The number of carboxylic acids is 1. The fourth-order valence-corrected chi connectivity index (χ4v) is 16.7. The van der Waals surface area contributed by atoms with Gasteiger partial charge in [0.05, 0.1) is 160 Å². The van der Waals surface area contributed by atoms with E-state index in [-0.39, 0.29) is 100 Å². The summed E-state index contributed by atoms with van der Waals surface area (Å²) in [5.41, 5.74) is 5.63. The molecule has 0 bridgehead atoms. The molecule has 2 aliphatic rings. The number of nitrogens with zero attached hydrogens (tertiary/aromatic N) is 5. The number of amides is 10. The number of rotatable bonds is 68. The molecule has 0 unspecified atom stereocenters. The zero-order valence-electron chi connectivity index (χ0n) is 85.8. The molecule has 800 valence electrons. The van der Waals surface area contributed by atoms with Gasteiger partial charge in [0.1, 0.15) is 67.5 Å². The average molecular weight is 2010 g/mol. The third-order valence-electron chi connectivity index (χ3n) is 25.0. The van der Waals surface area contributed by atoms with Crippen LogP contribution >= 0.6 is 0 Å². The van der Waals surface area contributed by atoms with Crippen LogP contribution < -0.4 is 47.4 Å². The molecule has 142 heavy (non-hydrogen) atoms. The van der Waals surface area contributed by atoms with Gasteiger partial charge >= 0.3 is 18.2 Å². The van der Waals surface area contributed by atoms with Crippen molar-refractivity contribution < 1.29 is 145 Å². The van der Waals surface area contributed by atoms with Crippen LogP contribution in [-0.2, 0) is 124 Å². The van der Waals surface area contributed by atoms with E-state index in [0.29, 0.717) is 124 Å². The quantitative estimate of drug-likeness (QED) is 0.0218. The molecule has 2 aliphatic heterocycles. The highest BCUT2D eigenvalue weighted by Crippen LogP contribution is 2.35. The molecule has 0 aliphatic carbocycles. The van der Waals surface area contributed by atoms with Gasteiger partial charge in [-0.3, -0.25) is 48.7 Å². The molecule has 43 heteroatoms. The van der Waals surface area contributed by atoms with Crippen LogP contribution in [0.1, 0.15) is 150 Å². The lowest BCUT2D eigenvalue weighted by atomic mass is 9.89. The maximum atomic E-state index is 15.1. The lowest BCUT2D eigenvalue weighted by Crippen LogP contribution is -2.61. The van der Waals surface area contributed by atoms with Crippen LogP contribution in [0.2, 0.25) is 0 Å². The number of unbranched alkanes of at least 4 members (excludes halogenated alkanes) is 1. The summed E-state index contributed by atoms with van der Waals surface area (Å²) in [5.74, 6) is -9.58. The molecule has 10 amide bonds. The normalized spacial score (nSPS) is 18.5. The van der Waals surface area contributed by atoms with E-state index in [4.69, 9.17) is 66.3 Å². The molecule has 43 nitrogen and oxygen atoms in total. The molecule has 6 rings (SSSR count). The van der Waals surface area contributed by atoms with Crippen molar-refractivity contribution in [1.29, 1.82) is 0 Å². The molecule has 2 fully saturated rings. The number of anilines is 1. The average Bonchev–Trinajstić information content (AvgIpc) is 1.18. The summed E-state index contributed by atoms with van der Waals surface area (Å²) in [6, 6.07) is 14.4. The largest absolute Gasteiger partial charge is 0.479 e. The first-order valence-electron chi connectivity index (χ1n) is 49.0. The minimum Gasteiger partial charge on any atom is -0.479 e. The number of benzene rings is 3. The van der Waals surface area contributed by atoms with Crippen molar-refractivity contribution in [2.24, 2.45) is 29.6 Å². The molecular weight excluding hydrogens is 1850 g/mol. The number of carbonyl (C=O) groups is 11. The third kappa shape index (κ3) is 38.9. The van der Waals surface area contributed by atoms with Gasteiger partial charge in [-0.1, -0.05) is 123 Å².